The molecule has 0 bridgehead atoms. The molecular formula is C10H13BrClNO2S. The summed E-state index contributed by atoms with van der Waals surface area (Å²) in [7, 11) is -3.47. The van der Waals surface area contributed by atoms with Gasteiger partial charge in [0.15, 0.2) is 0 Å². The summed E-state index contributed by atoms with van der Waals surface area (Å²) in [6.45, 7) is 4.47. The highest BCUT2D eigenvalue weighted by molar-refractivity contribution is 9.10. The van der Waals surface area contributed by atoms with Gasteiger partial charge in [-0.15, -0.1) is 0 Å². The van der Waals surface area contributed by atoms with E-state index in [4.69, 9.17) is 11.6 Å². The van der Waals surface area contributed by atoms with Crippen molar-refractivity contribution in [2.24, 2.45) is 0 Å². The smallest absolute Gasteiger partial charge is 0.207 e. The Labute approximate surface area is 110 Å². The van der Waals surface area contributed by atoms with Crippen LogP contribution in [0, 0.1) is 0 Å². The summed E-state index contributed by atoms with van der Waals surface area (Å²) in [6, 6.07) is 4.76. The Morgan fingerprint density at radius 1 is 1.31 bits per heavy atom. The van der Waals surface area contributed by atoms with Gasteiger partial charge < -0.3 is 0 Å². The molecule has 0 unspecified atom stereocenters. The van der Waals surface area contributed by atoms with Crippen LogP contribution in [0.5, 0.6) is 0 Å². The topological polar surface area (TPSA) is 37.4 Å². The monoisotopic (exact) mass is 325 g/mol. The van der Waals surface area contributed by atoms with Crippen molar-refractivity contribution in [3.63, 3.8) is 0 Å². The van der Waals surface area contributed by atoms with Crippen LogP contribution in [0.2, 0.25) is 5.02 Å². The van der Waals surface area contributed by atoms with Gasteiger partial charge in [-0.25, -0.2) is 8.42 Å². The van der Waals surface area contributed by atoms with Crippen LogP contribution < -0.4 is 0 Å². The van der Waals surface area contributed by atoms with Crippen LogP contribution in [0.1, 0.15) is 13.8 Å². The zero-order valence-corrected chi connectivity index (χ0v) is 12.2. The molecule has 1 aromatic rings. The number of sulfonamides is 1. The van der Waals surface area contributed by atoms with E-state index in [1.54, 1.807) is 26.0 Å². The highest BCUT2D eigenvalue weighted by Crippen LogP contribution is 2.27. The molecule has 16 heavy (non-hydrogen) atoms. The van der Waals surface area contributed by atoms with Gasteiger partial charge in [-0.05, 0) is 18.2 Å². The van der Waals surface area contributed by atoms with Crippen molar-refractivity contribution in [2.45, 2.75) is 18.7 Å². The zero-order valence-electron chi connectivity index (χ0n) is 9.07. The molecule has 0 radical (unpaired) electrons. The van der Waals surface area contributed by atoms with Crippen molar-refractivity contribution in [1.29, 1.82) is 0 Å². The number of nitrogens with zero attached hydrogens (tertiary/aromatic N) is 1. The molecule has 0 aliphatic heterocycles. The average molecular weight is 327 g/mol. The molecule has 1 aromatic carbocycles. The fraction of sp³-hybridized carbons (Fsp3) is 0.400. The minimum absolute atomic E-state index is 0.154. The van der Waals surface area contributed by atoms with Crippen molar-refractivity contribution >= 4 is 37.6 Å². The van der Waals surface area contributed by atoms with Gasteiger partial charge in [0, 0.05) is 17.6 Å². The summed E-state index contributed by atoms with van der Waals surface area (Å²) in [4.78, 5) is 0.154. The van der Waals surface area contributed by atoms with E-state index in [0.717, 1.165) is 4.47 Å². The van der Waals surface area contributed by atoms with Crippen molar-refractivity contribution in [1.82, 2.24) is 4.31 Å². The predicted octanol–water partition coefficient (Wildman–Crippen LogP) is 3.13. The van der Waals surface area contributed by atoms with E-state index in [-0.39, 0.29) is 9.92 Å². The van der Waals surface area contributed by atoms with E-state index in [9.17, 15) is 8.42 Å². The van der Waals surface area contributed by atoms with Crippen molar-refractivity contribution in [3.05, 3.63) is 27.7 Å². The first-order valence-electron chi connectivity index (χ1n) is 4.88. The summed E-state index contributed by atoms with van der Waals surface area (Å²) in [5.74, 6) is 0. The van der Waals surface area contributed by atoms with E-state index in [1.165, 1.54) is 10.4 Å². The van der Waals surface area contributed by atoms with Gasteiger partial charge in [0.1, 0.15) is 4.90 Å². The maximum Gasteiger partial charge on any atom is 0.244 e. The number of rotatable bonds is 4. The maximum absolute atomic E-state index is 12.2. The third kappa shape index (κ3) is 2.77. The fourth-order valence-corrected chi connectivity index (χ4v) is 3.86. The predicted molar refractivity (Wildman–Crippen MR) is 69.3 cm³/mol. The first kappa shape index (κ1) is 14.0. The van der Waals surface area contributed by atoms with E-state index in [2.05, 4.69) is 15.9 Å². The molecule has 1 rings (SSSR count). The Morgan fingerprint density at radius 2 is 1.88 bits per heavy atom. The fourth-order valence-electron chi connectivity index (χ4n) is 1.39. The molecule has 0 fully saturated rings. The standard InChI is InChI=1S/C10H13BrClNO2S/c1-3-13(4-2)16(14,15)10-6-5-8(11)7-9(10)12/h5-7H,3-4H2,1-2H3. The molecule has 0 N–H and O–H groups in total. The lowest BCUT2D eigenvalue weighted by Gasteiger charge is -2.19. The molecule has 0 saturated carbocycles. The molecule has 6 heteroatoms. The zero-order chi connectivity index (χ0) is 12.3. The Bertz CT molecular complexity index is 472. The lowest BCUT2D eigenvalue weighted by atomic mass is 10.4. The summed E-state index contributed by atoms with van der Waals surface area (Å²) in [5.41, 5.74) is 0. The third-order valence-corrected chi connectivity index (χ3v) is 5.24. The molecule has 0 saturated heterocycles. The second-order valence-electron chi connectivity index (χ2n) is 3.16. The highest BCUT2D eigenvalue weighted by Gasteiger charge is 2.23. The summed E-state index contributed by atoms with van der Waals surface area (Å²) >= 11 is 9.18. The number of benzene rings is 1. The van der Waals surface area contributed by atoms with Crippen LogP contribution in [0.15, 0.2) is 27.6 Å². The SMILES string of the molecule is CCN(CC)S(=O)(=O)c1ccc(Br)cc1Cl. The molecule has 0 aromatic heterocycles. The van der Waals surface area contributed by atoms with Crippen LogP contribution >= 0.6 is 27.5 Å². The maximum atomic E-state index is 12.2. The van der Waals surface area contributed by atoms with E-state index in [0.29, 0.717) is 13.1 Å². The van der Waals surface area contributed by atoms with E-state index in [1.807, 2.05) is 0 Å². The Balaban J connectivity index is 3.27. The largest absolute Gasteiger partial charge is 0.244 e. The van der Waals surface area contributed by atoms with Gasteiger partial charge in [-0.3, -0.25) is 0 Å². The highest BCUT2D eigenvalue weighted by atomic mass is 79.9. The van der Waals surface area contributed by atoms with Crippen molar-refractivity contribution in [2.75, 3.05) is 13.1 Å². The van der Waals surface area contributed by atoms with Crippen LogP contribution in [0.3, 0.4) is 0 Å². The van der Waals surface area contributed by atoms with Crippen LogP contribution in [-0.2, 0) is 10.0 Å². The van der Waals surface area contributed by atoms with E-state index < -0.39 is 10.0 Å². The normalized spacial score (nSPS) is 12.1. The Morgan fingerprint density at radius 3 is 2.31 bits per heavy atom. The molecule has 0 amide bonds. The minimum atomic E-state index is -3.47. The van der Waals surface area contributed by atoms with Crippen molar-refractivity contribution < 1.29 is 8.42 Å². The van der Waals surface area contributed by atoms with Gasteiger partial charge in [0.25, 0.3) is 0 Å². The van der Waals surface area contributed by atoms with Crippen molar-refractivity contribution in [3.8, 4) is 0 Å². The van der Waals surface area contributed by atoms with E-state index >= 15 is 0 Å². The lowest BCUT2D eigenvalue weighted by Crippen LogP contribution is -2.30. The molecule has 0 aliphatic carbocycles. The van der Waals surface area contributed by atoms with Gasteiger partial charge in [0.05, 0.1) is 5.02 Å². The molecular weight excluding hydrogens is 314 g/mol. The molecule has 3 nitrogen and oxygen atoms in total. The molecule has 90 valence electrons. The summed E-state index contributed by atoms with van der Waals surface area (Å²) in [6.07, 6.45) is 0. The lowest BCUT2D eigenvalue weighted by molar-refractivity contribution is 0.445. The van der Waals surface area contributed by atoms with Gasteiger partial charge in [0.2, 0.25) is 10.0 Å². The average Bonchev–Trinajstić information content (AvgIpc) is 2.18. The van der Waals surface area contributed by atoms with Gasteiger partial charge in [-0.2, -0.15) is 4.31 Å². The number of hydrogen-bond acceptors (Lipinski definition) is 2. The number of halogens is 2. The van der Waals surface area contributed by atoms with Crippen LogP contribution in [0.25, 0.3) is 0 Å². The Kier molecular flexibility index (Phi) is 4.79. The summed E-state index contributed by atoms with van der Waals surface area (Å²) < 4.78 is 26.4. The molecule has 0 aliphatic rings. The second-order valence-corrected chi connectivity index (χ2v) is 6.39. The Hall–Kier alpha value is -0.100. The van der Waals surface area contributed by atoms with Crippen LogP contribution in [0.4, 0.5) is 0 Å². The quantitative estimate of drug-likeness (QED) is 0.852. The first-order valence-corrected chi connectivity index (χ1v) is 7.49. The summed E-state index contributed by atoms with van der Waals surface area (Å²) in [5, 5.41) is 0.237. The van der Waals surface area contributed by atoms with Crippen LogP contribution in [-0.4, -0.2) is 25.8 Å². The molecule has 0 heterocycles. The first-order chi connectivity index (χ1) is 7.43. The molecule has 0 spiro atoms. The van der Waals surface area contributed by atoms with Gasteiger partial charge >= 0.3 is 0 Å². The third-order valence-electron chi connectivity index (χ3n) is 2.22. The van der Waals surface area contributed by atoms with Gasteiger partial charge in [-0.1, -0.05) is 41.4 Å². The molecule has 0 atom stereocenters. The second kappa shape index (κ2) is 5.49. The number of hydrogen-bond donors (Lipinski definition) is 0. The minimum Gasteiger partial charge on any atom is -0.207 e.